The van der Waals surface area contributed by atoms with Crippen LogP contribution in [0, 0.1) is 0 Å². The van der Waals surface area contributed by atoms with Gasteiger partial charge in [0.1, 0.15) is 0 Å². The van der Waals surface area contributed by atoms with Crippen LogP contribution >= 0.6 is 0 Å². The van der Waals surface area contributed by atoms with Crippen molar-refractivity contribution in [2.45, 2.75) is 32.1 Å². The SMILES string of the molecule is CC1(C)CN(Cc2cccc(C(=O)O)c2)CC(CO)O1. The van der Waals surface area contributed by atoms with Crippen LogP contribution in [0.2, 0.25) is 0 Å². The van der Waals surface area contributed by atoms with Crippen LogP contribution in [0.25, 0.3) is 0 Å². The number of aliphatic hydroxyl groups is 1. The summed E-state index contributed by atoms with van der Waals surface area (Å²) in [5.41, 5.74) is 0.948. The van der Waals surface area contributed by atoms with Gasteiger partial charge >= 0.3 is 5.97 Å². The normalized spacial score (nSPS) is 22.6. The van der Waals surface area contributed by atoms with Gasteiger partial charge in [0.25, 0.3) is 0 Å². The van der Waals surface area contributed by atoms with Gasteiger partial charge in [-0.3, -0.25) is 4.90 Å². The van der Waals surface area contributed by atoms with Crippen molar-refractivity contribution in [3.05, 3.63) is 35.4 Å². The molecule has 0 radical (unpaired) electrons. The Morgan fingerprint density at radius 3 is 2.90 bits per heavy atom. The monoisotopic (exact) mass is 279 g/mol. The molecule has 0 amide bonds. The molecule has 1 fully saturated rings. The van der Waals surface area contributed by atoms with Crippen LogP contribution in [-0.2, 0) is 11.3 Å². The van der Waals surface area contributed by atoms with Gasteiger partial charge in [-0.1, -0.05) is 12.1 Å². The molecule has 1 aliphatic heterocycles. The highest BCUT2D eigenvalue weighted by atomic mass is 16.5. The van der Waals surface area contributed by atoms with Crippen LogP contribution in [0.4, 0.5) is 0 Å². The average Bonchev–Trinajstić information content (AvgIpc) is 2.37. The molecule has 2 rings (SSSR count). The molecule has 0 bridgehead atoms. The molecule has 0 spiro atoms. The predicted octanol–water partition coefficient (Wildman–Crippen LogP) is 1.36. The molecule has 1 aromatic rings. The van der Waals surface area contributed by atoms with E-state index in [9.17, 15) is 9.90 Å². The molecule has 0 aromatic heterocycles. The maximum atomic E-state index is 11.0. The minimum Gasteiger partial charge on any atom is -0.478 e. The summed E-state index contributed by atoms with van der Waals surface area (Å²) in [5, 5.41) is 18.3. The highest BCUT2D eigenvalue weighted by Gasteiger charge is 2.32. The Morgan fingerprint density at radius 2 is 2.25 bits per heavy atom. The second-order valence-electron chi connectivity index (χ2n) is 5.86. The Balaban J connectivity index is 2.09. The Morgan fingerprint density at radius 1 is 1.50 bits per heavy atom. The van der Waals surface area contributed by atoms with E-state index in [1.54, 1.807) is 18.2 Å². The first kappa shape index (κ1) is 15.0. The molecule has 1 heterocycles. The standard InChI is InChI=1S/C15H21NO4/c1-15(2)10-16(8-13(9-17)20-15)7-11-4-3-5-12(6-11)14(18)19/h3-6,13,17H,7-10H2,1-2H3,(H,18,19). The largest absolute Gasteiger partial charge is 0.478 e. The van der Waals surface area contributed by atoms with Crippen molar-refractivity contribution < 1.29 is 19.7 Å². The number of benzene rings is 1. The molecular formula is C15H21NO4. The van der Waals surface area contributed by atoms with Gasteiger partial charge in [0.15, 0.2) is 0 Å². The van der Waals surface area contributed by atoms with Crippen molar-refractivity contribution in [2.75, 3.05) is 19.7 Å². The van der Waals surface area contributed by atoms with Gasteiger partial charge < -0.3 is 14.9 Å². The van der Waals surface area contributed by atoms with Gasteiger partial charge in [-0.2, -0.15) is 0 Å². The highest BCUT2D eigenvalue weighted by Crippen LogP contribution is 2.22. The van der Waals surface area contributed by atoms with Crippen LogP contribution in [0.1, 0.15) is 29.8 Å². The van der Waals surface area contributed by atoms with Crippen LogP contribution in [-0.4, -0.2) is 52.5 Å². The summed E-state index contributed by atoms with van der Waals surface area (Å²) in [7, 11) is 0. The molecule has 2 N–H and O–H groups in total. The number of aliphatic hydroxyl groups excluding tert-OH is 1. The zero-order chi connectivity index (χ0) is 14.8. The number of ether oxygens (including phenoxy) is 1. The fourth-order valence-corrected chi connectivity index (χ4v) is 2.69. The first-order valence-corrected chi connectivity index (χ1v) is 6.73. The molecule has 1 saturated heterocycles. The van der Waals surface area contributed by atoms with E-state index in [4.69, 9.17) is 9.84 Å². The number of carboxylic acid groups (broad SMARTS) is 1. The minimum atomic E-state index is -0.914. The van der Waals surface area contributed by atoms with E-state index in [-0.39, 0.29) is 18.3 Å². The summed E-state index contributed by atoms with van der Waals surface area (Å²) in [6.07, 6.45) is -0.193. The number of rotatable bonds is 4. The maximum absolute atomic E-state index is 11.0. The number of hydrogen-bond donors (Lipinski definition) is 2. The third-order valence-corrected chi connectivity index (χ3v) is 3.34. The number of carboxylic acids is 1. The molecule has 1 atom stereocenters. The lowest BCUT2D eigenvalue weighted by Gasteiger charge is -2.42. The maximum Gasteiger partial charge on any atom is 0.335 e. The molecular weight excluding hydrogens is 258 g/mol. The zero-order valence-corrected chi connectivity index (χ0v) is 11.9. The van der Waals surface area contributed by atoms with E-state index in [2.05, 4.69) is 4.90 Å². The van der Waals surface area contributed by atoms with Crippen LogP contribution in [0.5, 0.6) is 0 Å². The van der Waals surface area contributed by atoms with Gasteiger partial charge in [0.2, 0.25) is 0 Å². The van der Waals surface area contributed by atoms with Gasteiger partial charge in [-0.25, -0.2) is 4.79 Å². The molecule has 5 heteroatoms. The molecule has 0 aliphatic carbocycles. The topological polar surface area (TPSA) is 70.0 Å². The van der Waals surface area contributed by atoms with Gasteiger partial charge in [0.05, 0.1) is 23.9 Å². The lowest BCUT2D eigenvalue weighted by molar-refractivity contribution is -0.150. The highest BCUT2D eigenvalue weighted by molar-refractivity contribution is 5.87. The second kappa shape index (κ2) is 5.91. The second-order valence-corrected chi connectivity index (χ2v) is 5.86. The Bertz CT molecular complexity index is 487. The number of carbonyl (C=O) groups is 1. The lowest BCUT2D eigenvalue weighted by atomic mass is 10.0. The summed E-state index contributed by atoms with van der Waals surface area (Å²) >= 11 is 0. The van der Waals surface area contributed by atoms with E-state index in [1.807, 2.05) is 19.9 Å². The van der Waals surface area contributed by atoms with Crippen molar-refractivity contribution in [1.29, 1.82) is 0 Å². The van der Waals surface area contributed by atoms with Crippen LogP contribution in [0.15, 0.2) is 24.3 Å². The summed E-state index contributed by atoms with van der Waals surface area (Å²) in [6, 6.07) is 6.96. The Kier molecular flexibility index (Phi) is 4.42. The van der Waals surface area contributed by atoms with E-state index in [0.29, 0.717) is 18.7 Å². The molecule has 110 valence electrons. The molecule has 0 saturated carbocycles. The Labute approximate surface area is 118 Å². The van der Waals surface area contributed by atoms with Crippen LogP contribution in [0.3, 0.4) is 0 Å². The first-order valence-electron chi connectivity index (χ1n) is 6.73. The van der Waals surface area contributed by atoms with E-state index in [0.717, 1.165) is 12.1 Å². The van der Waals surface area contributed by atoms with Gasteiger partial charge in [0, 0.05) is 19.6 Å². The van der Waals surface area contributed by atoms with Crippen molar-refractivity contribution in [3.63, 3.8) is 0 Å². The minimum absolute atomic E-state index is 0.00487. The predicted molar refractivity (Wildman–Crippen MR) is 74.7 cm³/mol. The Hall–Kier alpha value is -1.43. The van der Waals surface area contributed by atoms with E-state index >= 15 is 0 Å². The average molecular weight is 279 g/mol. The number of nitrogens with zero attached hydrogens (tertiary/aromatic N) is 1. The summed E-state index contributed by atoms with van der Waals surface area (Å²) in [6.45, 7) is 6.04. The fraction of sp³-hybridized carbons (Fsp3) is 0.533. The zero-order valence-electron chi connectivity index (χ0n) is 11.9. The summed E-state index contributed by atoms with van der Waals surface area (Å²) in [4.78, 5) is 13.2. The molecule has 20 heavy (non-hydrogen) atoms. The van der Waals surface area contributed by atoms with Crippen molar-refractivity contribution in [2.24, 2.45) is 0 Å². The third-order valence-electron chi connectivity index (χ3n) is 3.34. The molecule has 1 aliphatic rings. The third kappa shape index (κ3) is 3.79. The molecule has 5 nitrogen and oxygen atoms in total. The van der Waals surface area contributed by atoms with Crippen molar-refractivity contribution in [1.82, 2.24) is 4.90 Å². The van der Waals surface area contributed by atoms with Crippen molar-refractivity contribution in [3.8, 4) is 0 Å². The number of aromatic carboxylic acids is 1. The summed E-state index contributed by atoms with van der Waals surface area (Å²) < 4.78 is 5.77. The fourth-order valence-electron chi connectivity index (χ4n) is 2.69. The van der Waals surface area contributed by atoms with Gasteiger partial charge in [-0.15, -0.1) is 0 Å². The smallest absolute Gasteiger partial charge is 0.335 e. The first-order chi connectivity index (χ1) is 9.39. The van der Waals surface area contributed by atoms with Crippen LogP contribution < -0.4 is 0 Å². The van der Waals surface area contributed by atoms with E-state index < -0.39 is 5.97 Å². The van der Waals surface area contributed by atoms with E-state index in [1.165, 1.54) is 0 Å². The number of hydrogen-bond acceptors (Lipinski definition) is 4. The molecule has 1 unspecified atom stereocenters. The quantitative estimate of drug-likeness (QED) is 0.871. The van der Waals surface area contributed by atoms with Gasteiger partial charge in [-0.05, 0) is 31.5 Å². The molecule has 1 aromatic carbocycles. The number of morpholine rings is 1. The van der Waals surface area contributed by atoms with Crippen molar-refractivity contribution >= 4 is 5.97 Å². The summed E-state index contributed by atoms with van der Waals surface area (Å²) in [5.74, 6) is -0.914. The lowest BCUT2D eigenvalue weighted by Crippen LogP contribution is -2.53.